The molecule has 3 N–H and O–H groups in total. The number of rotatable bonds is 10. The molecule has 2 unspecified atom stereocenters. The Hall–Kier alpha value is -0.650. The number of amides is 1. The first-order chi connectivity index (χ1) is 8.60. The molecule has 0 aliphatic heterocycles. The number of hydrogen-bond donors (Lipinski definition) is 2. The van der Waals surface area contributed by atoms with Crippen LogP contribution in [0.5, 0.6) is 0 Å². The monoisotopic (exact) mass is 259 g/mol. The quantitative estimate of drug-likeness (QED) is 0.602. The van der Waals surface area contributed by atoms with Crippen LogP contribution in [0.4, 0.5) is 0 Å². The third kappa shape index (κ3) is 6.33. The first kappa shape index (κ1) is 17.4. The molecule has 108 valence electrons. The lowest BCUT2D eigenvalue weighted by Crippen LogP contribution is -2.49. The highest BCUT2D eigenvalue weighted by Crippen LogP contribution is 2.09. The van der Waals surface area contributed by atoms with Crippen LogP contribution in [0, 0.1) is 0 Å². The lowest BCUT2D eigenvalue weighted by atomic mass is 10.1. The van der Waals surface area contributed by atoms with E-state index < -0.39 is 0 Å². The Kier molecular flexibility index (Phi) is 9.92. The summed E-state index contributed by atoms with van der Waals surface area (Å²) in [6.07, 6.45) is 1.41. The van der Waals surface area contributed by atoms with E-state index in [1.807, 2.05) is 6.92 Å². The molecular weight excluding hydrogens is 230 g/mol. The molecule has 0 aromatic carbocycles. The van der Waals surface area contributed by atoms with Gasteiger partial charge in [0.25, 0.3) is 0 Å². The minimum absolute atomic E-state index is 0.0790. The standard InChI is InChI=1S/C13H29N3O2/c1-5-7-15-13(17)8-12(9-14)16(6-2)11(3)10-18-4/h11-12H,5-10,14H2,1-4H3,(H,15,17). The molecule has 0 aliphatic carbocycles. The van der Waals surface area contributed by atoms with Crippen molar-refractivity contribution in [2.75, 3.05) is 33.4 Å². The summed E-state index contributed by atoms with van der Waals surface area (Å²) in [6.45, 7) is 8.96. The van der Waals surface area contributed by atoms with Gasteiger partial charge in [0.05, 0.1) is 6.61 Å². The Bertz CT molecular complexity index is 224. The summed E-state index contributed by atoms with van der Waals surface area (Å²) in [6, 6.07) is 0.351. The fraction of sp³-hybridized carbons (Fsp3) is 0.923. The molecule has 5 nitrogen and oxygen atoms in total. The fourth-order valence-electron chi connectivity index (χ4n) is 2.15. The van der Waals surface area contributed by atoms with Gasteiger partial charge in [-0.15, -0.1) is 0 Å². The zero-order valence-corrected chi connectivity index (χ0v) is 12.2. The number of likely N-dealkylation sites (N-methyl/N-ethyl adjacent to an activating group) is 1. The Labute approximate surface area is 111 Å². The molecular formula is C13H29N3O2. The summed E-state index contributed by atoms with van der Waals surface area (Å²) >= 11 is 0. The van der Waals surface area contributed by atoms with Gasteiger partial charge in [0.2, 0.25) is 5.91 Å². The molecule has 18 heavy (non-hydrogen) atoms. The zero-order valence-electron chi connectivity index (χ0n) is 12.2. The van der Waals surface area contributed by atoms with E-state index in [4.69, 9.17) is 10.5 Å². The maximum Gasteiger partial charge on any atom is 0.221 e. The average molecular weight is 259 g/mol. The van der Waals surface area contributed by atoms with Gasteiger partial charge in [0.1, 0.15) is 0 Å². The molecule has 0 bridgehead atoms. The van der Waals surface area contributed by atoms with E-state index in [1.54, 1.807) is 7.11 Å². The second-order valence-electron chi connectivity index (χ2n) is 4.58. The van der Waals surface area contributed by atoms with Crippen molar-refractivity contribution in [3.05, 3.63) is 0 Å². The second kappa shape index (κ2) is 10.3. The molecule has 0 aliphatic rings. The van der Waals surface area contributed by atoms with Crippen LogP contribution < -0.4 is 11.1 Å². The highest BCUT2D eigenvalue weighted by atomic mass is 16.5. The van der Waals surface area contributed by atoms with Crippen molar-refractivity contribution in [1.29, 1.82) is 0 Å². The molecule has 0 saturated carbocycles. The fourth-order valence-corrected chi connectivity index (χ4v) is 2.15. The van der Waals surface area contributed by atoms with Gasteiger partial charge in [-0.2, -0.15) is 0 Å². The van der Waals surface area contributed by atoms with E-state index in [-0.39, 0.29) is 18.0 Å². The van der Waals surface area contributed by atoms with Gasteiger partial charge in [-0.3, -0.25) is 9.69 Å². The van der Waals surface area contributed by atoms with Gasteiger partial charge in [0, 0.05) is 38.7 Å². The Balaban J connectivity index is 4.37. The van der Waals surface area contributed by atoms with Crippen molar-refractivity contribution < 1.29 is 9.53 Å². The summed E-state index contributed by atoms with van der Waals surface area (Å²) in [4.78, 5) is 14.0. The van der Waals surface area contributed by atoms with E-state index in [9.17, 15) is 4.79 Å². The van der Waals surface area contributed by atoms with E-state index in [0.717, 1.165) is 19.5 Å². The van der Waals surface area contributed by atoms with Crippen molar-refractivity contribution in [3.63, 3.8) is 0 Å². The predicted octanol–water partition coefficient (Wildman–Crippen LogP) is 0.587. The average Bonchev–Trinajstić information content (AvgIpc) is 2.36. The number of ether oxygens (including phenoxy) is 1. The lowest BCUT2D eigenvalue weighted by Gasteiger charge is -2.34. The third-order valence-corrected chi connectivity index (χ3v) is 3.07. The number of carbonyl (C=O) groups excluding carboxylic acids is 1. The Morgan fingerprint density at radius 2 is 2.11 bits per heavy atom. The largest absolute Gasteiger partial charge is 0.383 e. The predicted molar refractivity (Wildman–Crippen MR) is 74.5 cm³/mol. The van der Waals surface area contributed by atoms with Crippen LogP contribution in [0.3, 0.4) is 0 Å². The summed E-state index contributed by atoms with van der Waals surface area (Å²) in [5.41, 5.74) is 5.80. The Morgan fingerprint density at radius 1 is 1.44 bits per heavy atom. The molecule has 0 radical (unpaired) electrons. The first-order valence-corrected chi connectivity index (χ1v) is 6.82. The third-order valence-electron chi connectivity index (χ3n) is 3.07. The van der Waals surface area contributed by atoms with Crippen molar-refractivity contribution in [2.45, 2.75) is 45.7 Å². The van der Waals surface area contributed by atoms with E-state index in [1.165, 1.54) is 0 Å². The van der Waals surface area contributed by atoms with Gasteiger partial charge in [-0.25, -0.2) is 0 Å². The molecule has 1 amide bonds. The maximum absolute atomic E-state index is 11.7. The van der Waals surface area contributed by atoms with Crippen LogP contribution in [-0.2, 0) is 9.53 Å². The van der Waals surface area contributed by atoms with Crippen molar-refractivity contribution >= 4 is 5.91 Å². The molecule has 0 saturated heterocycles. The zero-order chi connectivity index (χ0) is 14.0. The number of nitrogens with one attached hydrogen (secondary N) is 1. The number of nitrogens with two attached hydrogens (primary N) is 1. The molecule has 0 spiro atoms. The van der Waals surface area contributed by atoms with E-state index >= 15 is 0 Å². The molecule has 2 atom stereocenters. The number of hydrogen-bond acceptors (Lipinski definition) is 4. The summed E-state index contributed by atoms with van der Waals surface area (Å²) in [5, 5.41) is 2.89. The minimum atomic E-state index is 0.0790. The SMILES string of the molecule is CCCNC(=O)CC(CN)N(CC)C(C)COC. The van der Waals surface area contributed by atoms with Crippen LogP contribution in [0.1, 0.15) is 33.6 Å². The van der Waals surface area contributed by atoms with Crippen molar-refractivity contribution in [2.24, 2.45) is 5.73 Å². The topological polar surface area (TPSA) is 67.6 Å². The number of methoxy groups -OCH3 is 1. The van der Waals surface area contributed by atoms with Crippen molar-refractivity contribution in [1.82, 2.24) is 10.2 Å². The smallest absolute Gasteiger partial charge is 0.221 e. The normalized spacial score (nSPS) is 14.6. The van der Waals surface area contributed by atoms with Gasteiger partial charge in [0.15, 0.2) is 0 Å². The van der Waals surface area contributed by atoms with Gasteiger partial charge in [-0.05, 0) is 19.9 Å². The first-order valence-electron chi connectivity index (χ1n) is 6.82. The number of nitrogens with zero attached hydrogens (tertiary/aromatic N) is 1. The maximum atomic E-state index is 11.7. The summed E-state index contributed by atoms with van der Waals surface area (Å²) in [7, 11) is 1.69. The molecule has 5 heteroatoms. The molecule has 0 fully saturated rings. The van der Waals surface area contributed by atoms with Gasteiger partial charge >= 0.3 is 0 Å². The van der Waals surface area contributed by atoms with Crippen molar-refractivity contribution in [3.8, 4) is 0 Å². The van der Waals surface area contributed by atoms with Crippen LogP contribution in [0.2, 0.25) is 0 Å². The van der Waals surface area contributed by atoms with E-state index in [2.05, 4.69) is 24.1 Å². The second-order valence-corrected chi connectivity index (χ2v) is 4.58. The highest BCUT2D eigenvalue weighted by Gasteiger charge is 2.23. The highest BCUT2D eigenvalue weighted by molar-refractivity contribution is 5.76. The number of carbonyl (C=O) groups is 1. The molecule has 0 heterocycles. The van der Waals surface area contributed by atoms with Crippen LogP contribution in [0.15, 0.2) is 0 Å². The van der Waals surface area contributed by atoms with Gasteiger partial charge < -0.3 is 15.8 Å². The minimum Gasteiger partial charge on any atom is -0.383 e. The van der Waals surface area contributed by atoms with Crippen LogP contribution in [-0.4, -0.2) is 56.2 Å². The van der Waals surface area contributed by atoms with E-state index in [0.29, 0.717) is 19.6 Å². The van der Waals surface area contributed by atoms with Crippen LogP contribution in [0.25, 0.3) is 0 Å². The summed E-state index contributed by atoms with van der Waals surface area (Å²) < 4.78 is 5.17. The molecule has 0 rings (SSSR count). The molecule has 0 aromatic rings. The summed E-state index contributed by atoms with van der Waals surface area (Å²) in [5.74, 6) is 0.0790. The van der Waals surface area contributed by atoms with Gasteiger partial charge in [-0.1, -0.05) is 13.8 Å². The Morgan fingerprint density at radius 3 is 2.56 bits per heavy atom. The van der Waals surface area contributed by atoms with Crippen LogP contribution >= 0.6 is 0 Å². The molecule has 0 aromatic heterocycles. The lowest BCUT2D eigenvalue weighted by molar-refractivity contribution is -0.122.